The van der Waals surface area contributed by atoms with Crippen LogP contribution in [0.3, 0.4) is 0 Å². The van der Waals surface area contributed by atoms with E-state index in [-0.39, 0.29) is 12.1 Å². The molecule has 0 aliphatic heterocycles. The van der Waals surface area contributed by atoms with Crippen molar-refractivity contribution in [3.8, 4) is 0 Å². The minimum Gasteiger partial charge on any atom is -0.468 e. The summed E-state index contributed by atoms with van der Waals surface area (Å²) in [5.41, 5.74) is 1.33. The van der Waals surface area contributed by atoms with E-state index in [4.69, 9.17) is 4.42 Å². The molecule has 1 heterocycles. The molecule has 2 heteroatoms. The summed E-state index contributed by atoms with van der Waals surface area (Å²) in [7, 11) is 0. The SMILES string of the molecule is CCC(NC(C)c1cccc2ccccc12)c1ccco1. The van der Waals surface area contributed by atoms with Gasteiger partial charge in [-0.2, -0.15) is 0 Å². The van der Waals surface area contributed by atoms with Crippen molar-refractivity contribution < 1.29 is 4.42 Å². The minimum absolute atomic E-state index is 0.244. The van der Waals surface area contributed by atoms with E-state index in [1.165, 1.54) is 16.3 Å². The molecule has 0 bridgehead atoms. The van der Waals surface area contributed by atoms with E-state index in [1.54, 1.807) is 6.26 Å². The molecule has 0 radical (unpaired) electrons. The van der Waals surface area contributed by atoms with E-state index < -0.39 is 0 Å². The van der Waals surface area contributed by atoms with Gasteiger partial charge >= 0.3 is 0 Å². The summed E-state index contributed by atoms with van der Waals surface area (Å²) in [6.07, 6.45) is 2.74. The average molecular weight is 279 g/mol. The van der Waals surface area contributed by atoms with Crippen LogP contribution in [0, 0.1) is 0 Å². The van der Waals surface area contributed by atoms with Crippen molar-refractivity contribution in [1.82, 2.24) is 5.32 Å². The number of fused-ring (bicyclic) bond motifs is 1. The van der Waals surface area contributed by atoms with Gasteiger partial charge in [0.05, 0.1) is 12.3 Å². The summed E-state index contributed by atoms with van der Waals surface area (Å²) in [5, 5.41) is 6.28. The molecule has 1 N–H and O–H groups in total. The Morgan fingerprint density at radius 3 is 2.57 bits per heavy atom. The highest BCUT2D eigenvalue weighted by Gasteiger charge is 2.17. The predicted molar refractivity (Wildman–Crippen MR) is 87.2 cm³/mol. The minimum atomic E-state index is 0.244. The maximum absolute atomic E-state index is 5.55. The molecule has 0 aliphatic carbocycles. The zero-order chi connectivity index (χ0) is 14.7. The Hall–Kier alpha value is -2.06. The normalized spacial score (nSPS) is 14.2. The van der Waals surface area contributed by atoms with Crippen molar-refractivity contribution in [2.75, 3.05) is 0 Å². The van der Waals surface area contributed by atoms with Gasteiger partial charge in [0, 0.05) is 6.04 Å². The van der Waals surface area contributed by atoms with Gasteiger partial charge in [0.25, 0.3) is 0 Å². The van der Waals surface area contributed by atoms with Crippen molar-refractivity contribution in [2.45, 2.75) is 32.4 Å². The monoisotopic (exact) mass is 279 g/mol. The lowest BCUT2D eigenvalue weighted by Gasteiger charge is -2.22. The Balaban J connectivity index is 1.88. The molecule has 2 nitrogen and oxygen atoms in total. The van der Waals surface area contributed by atoms with Gasteiger partial charge in [0.15, 0.2) is 0 Å². The van der Waals surface area contributed by atoms with E-state index in [2.05, 4.69) is 61.6 Å². The van der Waals surface area contributed by atoms with E-state index in [0.717, 1.165) is 12.2 Å². The third kappa shape index (κ3) is 2.86. The topological polar surface area (TPSA) is 25.2 Å². The smallest absolute Gasteiger partial charge is 0.120 e. The van der Waals surface area contributed by atoms with Gasteiger partial charge in [-0.15, -0.1) is 0 Å². The van der Waals surface area contributed by atoms with Gasteiger partial charge in [0.1, 0.15) is 5.76 Å². The van der Waals surface area contributed by atoms with Crippen LogP contribution in [-0.2, 0) is 0 Å². The molecule has 0 saturated carbocycles. The Morgan fingerprint density at radius 2 is 1.81 bits per heavy atom. The van der Waals surface area contributed by atoms with Crippen molar-refractivity contribution in [3.63, 3.8) is 0 Å². The molecule has 0 saturated heterocycles. The summed E-state index contributed by atoms with van der Waals surface area (Å²) in [5.74, 6) is 1.00. The fourth-order valence-corrected chi connectivity index (χ4v) is 2.91. The maximum Gasteiger partial charge on any atom is 0.120 e. The molecule has 2 unspecified atom stereocenters. The lowest BCUT2D eigenvalue weighted by molar-refractivity contribution is 0.377. The first-order valence-electron chi connectivity index (χ1n) is 7.56. The molecular weight excluding hydrogens is 258 g/mol. The fraction of sp³-hybridized carbons (Fsp3) is 0.263. The molecule has 1 aromatic heterocycles. The van der Waals surface area contributed by atoms with Crippen molar-refractivity contribution in [1.29, 1.82) is 0 Å². The molecule has 2 aromatic carbocycles. The van der Waals surface area contributed by atoms with Crippen LogP contribution in [0.4, 0.5) is 0 Å². The Bertz CT molecular complexity index is 697. The van der Waals surface area contributed by atoms with E-state index >= 15 is 0 Å². The number of furan rings is 1. The average Bonchev–Trinajstić information content (AvgIpc) is 3.06. The Morgan fingerprint density at radius 1 is 1.00 bits per heavy atom. The first-order chi connectivity index (χ1) is 10.3. The largest absolute Gasteiger partial charge is 0.468 e. The number of benzene rings is 2. The van der Waals surface area contributed by atoms with Crippen LogP contribution in [0.1, 0.15) is 43.7 Å². The zero-order valence-electron chi connectivity index (χ0n) is 12.5. The van der Waals surface area contributed by atoms with Gasteiger partial charge in [-0.3, -0.25) is 0 Å². The number of nitrogens with one attached hydrogen (secondary N) is 1. The van der Waals surface area contributed by atoms with E-state index in [1.807, 2.05) is 12.1 Å². The summed E-state index contributed by atoms with van der Waals surface area (Å²) in [6.45, 7) is 4.39. The summed E-state index contributed by atoms with van der Waals surface area (Å²) < 4.78 is 5.55. The third-order valence-corrected chi connectivity index (χ3v) is 4.04. The van der Waals surface area contributed by atoms with Crippen LogP contribution in [0.15, 0.2) is 65.3 Å². The van der Waals surface area contributed by atoms with Gasteiger partial charge in [-0.25, -0.2) is 0 Å². The molecule has 3 rings (SSSR count). The molecule has 0 spiro atoms. The van der Waals surface area contributed by atoms with Crippen molar-refractivity contribution in [2.24, 2.45) is 0 Å². The highest BCUT2D eigenvalue weighted by Crippen LogP contribution is 2.27. The van der Waals surface area contributed by atoms with Crippen molar-refractivity contribution >= 4 is 10.8 Å². The predicted octanol–water partition coefficient (Wildman–Crippen LogP) is 5.23. The van der Waals surface area contributed by atoms with Crippen molar-refractivity contribution in [3.05, 3.63) is 72.2 Å². The van der Waals surface area contributed by atoms with E-state index in [9.17, 15) is 0 Å². The highest BCUT2D eigenvalue weighted by molar-refractivity contribution is 5.86. The first kappa shape index (κ1) is 13.9. The summed E-state index contributed by atoms with van der Waals surface area (Å²) in [6, 6.07) is 19.5. The van der Waals surface area contributed by atoms with Crippen LogP contribution >= 0.6 is 0 Å². The van der Waals surface area contributed by atoms with Crippen LogP contribution in [0.5, 0.6) is 0 Å². The number of hydrogen-bond acceptors (Lipinski definition) is 2. The zero-order valence-corrected chi connectivity index (χ0v) is 12.5. The molecule has 0 fully saturated rings. The van der Waals surface area contributed by atoms with E-state index in [0.29, 0.717) is 0 Å². The lowest BCUT2D eigenvalue weighted by atomic mass is 9.98. The molecule has 0 aliphatic rings. The van der Waals surface area contributed by atoms with Gasteiger partial charge in [0.2, 0.25) is 0 Å². The summed E-state index contributed by atoms with van der Waals surface area (Å²) in [4.78, 5) is 0. The number of hydrogen-bond donors (Lipinski definition) is 1. The quantitative estimate of drug-likeness (QED) is 0.691. The first-order valence-corrected chi connectivity index (χ1v) is 7.56. The second-order valence-corrected chi connectivity index (χ2v) is 5.43. The van der Waals surface area contributed by atoms with Gasteiger partial charge in [-0.1, -0.05) is 49.4 Å². The Kier molecular flexibility index (Phi) is 4.07. The van der Waals surface area contributed by atoms with Crippen LogP contribution < -0.4 is 5.32 Å². The second-order valence-electron chi connectivity index (χ2n) is 5.43. The highest BCUT2D eigenvalue weighted by atomic mass is 16.3. The molecular formula is C19H21NO. The molecule has 108 valence electrons. The lowest BCUT2D eigenvalue weighted by Crippen LogP contribution is -2.24. The molecule has 2 atom stereocenters. The molecule has 3 aromatic rings. The van der Waals surface area contributed by atoms with Gasteiger partial charge < -0.3 is 9.73 Å². The second kappa shape index (κ2) is 6.15. The van der Waals surface area contributed by atoms with Crippen LogP contribution in [-0.4, -0.2) is 0 Å². The summed E-state index contributed by atoms with van der Waals surface area (Å²) >= 11 is 0. The molecule has 0 amide bonds. The fourth-order valence-electron chi connectivity index (χ4n) is 2.91. The van der Waals surface area contributed by atoms with Crippen LogP contribution in [0.2, 0.25) is 0 Å². The molecule has 21 heavy (non-hydrogen) atoms. The number of rotatable bonds is 5. The maximum atomic E-state index is 5.55. The standard InChI is InChI=1S/C19H21NO/c1-3-18(19-12-7-13-21-19)20-14(2)16-11-6-9-15-8-4-5-10-17(15)16/h4-14,18,20H,3H2,1-2H3. The third-order valence-electron chi connectivity index (χ3n) is 4.04. The Labute approximate surface area is 125 Å². The van der Waals surface area contributed by atoms with Crippen LogP contribution in [0.25, 0.3) is 10.8 Å². The van der Waals surface area contributed by atoms with Gasteiger partial charge in [-0.05, 0) is 41.8 Å².